The molecule has 1 aromatic rings. The van der Waals surface area contributed by atoms with E-state index >= 15 is 0 Å². The molecule has 1 atom stereocenters. The Morgan fingerprint density at radius 2 is 2.38 bits per heavy atom. The Morgan fingerprint density at radius 3 is 3.06 bits per heavy atom. The third-order valence-electron chi connectivity index (χ3n) is 3.03. The van der Waals surface area contributed by atoms with E-state index in [0.717, 1.165) is 30.6 Å². The number of halogens is 2. The van der Waals surface area contributed by atoms with Crippen molar-refractivity contribution in [2.45, 2.75) is 6.42 Å². The molecule has 0 aliphatic carbocycles. The molecule has 0 bridgehead atoms. The second-order valence-corrected chi connectivity index (χ2v) is 5.91. The molecule has 1 saturated heterocycles. The van der Waals surface area contributed by atoms with E-state index in [2.05, 4.69) is 44.9 Å². The minimum absolute atomic E-state index is 0.750. The maximum Gasteiger partial charge on any atom is 0.0650 e. The van der Waals surface area contributed by atoms with Crippen molar-refractivity contribution in [3.05, 3.63) is 26.8 Å². The lowest BCUT2D eigenvalue weighted by Gasteiger charge is -2.20. The summed E-state index contributed by atoms with van der Waals surface area (Å²) in [5.74, 6) is 0.750. The van der Waals surface area contributed by atoms with Crippen molar-refractivity contribution in [2.24, 2.45) is 5.92 Å². The summed E-state index contributed by atoms with van der Waals surface area (Å²) in [4.78, 5) is 2.39. The minimum Gasteiger partial charge on any atom is -0.370 e. The van der Waals surface area contributed by atoms with Crippen molar-refractivity contribution >= 4 is 39.9 Å². The van der Waals surface area contributed by atoms with Crippen molar-refractivity contribution < 1.29 is 0 Å². The molecule has 0 aromatic heterocycles. The maximum absolute atomic E-state index is 6.27. The largest absolute Gasteiger partial charge is 0.370 e. The van der Waals surface area contributed by atoms with Crippen LogP contribution in [0.5, 0.6) is 0 Å². The smallest absolute Gasteiger partial charge is 0.0650 e. The molecule has 88 valence electrons. The number of nitrogens with zero attached hydrogens (tertiary/aromatic N) is 1. The van der Waals surface area contributed by atoms with Crippen LogP contribution in [-0.4, -0.2) is 26.7 Å². The number of benzene rings is 1. The van der Waals surface area contributed by atoms with Gasteiger partial charge in [0.15, 0.2) is 0 Å². The van der Waals surface area contributed by atoms with Crippen molar-refractivity contribution in [3.8, 4) is 0 Å². The quantitative estimate of drug-likeness (QED) is 0.843. The van der Waals surface area contributed by atoms with Gasteiger partial charge in [0, 0.05) is 16.7 Å². The second-order valence-electron chi connectivity index (χ2n) is 4.25. The Balaban J connectivity index is 2.08. The second kappa shape index (κ2) is 5.56. The number of anilines is 1. The van der Waals surface area contributed by atoms with Crippen LogP contribution in [0.2, 0.25) is 5.02 Å². The highest BCUT2D eigenvalue weighted by Crippen LogP contribution is 2.31. The Bertz CT molecular complexity index is 370. The van der Waals surface area contributed by atoms with Gasteiger partial charge in [0.05, 0.1) is 10.7 Å². The van der Waals surface area contributed by atoms with Gasteiger partial charge in [0.2, 0.25) is 0 Å². The van der Waals surface area contributed by atoms with Gasteiger partial charge in [-0.15, -0.1) is 0 Å². The predicted octanol–water partition coefficient (Wildman–Crippen LogP) is 2.99. The molecule has 0 amide bonds. The maximum atomic E-state index is 6.27. The fourth-order valence-corrected chi connectivity index (χ4v) is 3.22. The number of nitrogens with one attached hydrogen (secondary N) is 1. The fraction of sp³-hybridized carbons (Fsp3) is 0.500. The molecule has 1 unspecified atom stereocenters. The highest BCUT2D eigenvalue weighted by Gasteiger charge is 2.23. The van der Waals surface area contributed by atoms with Gasteiger partial charge in [0.1, 0.15) is 0 Å². The third-order valence-corrected chi connectivity index (χ3v) is 4.00. The van der Waals surface area contributed by atoms with Crippen LogP contribution < -0.4 is 10.2 Å². The van der Waals surface area contributed by atoms with Crippen LogP contribution in [0, 0.1) is 9.49 Å². The molecule has 2 nitrogen and oxygen atoms in total. The van der Waals surface area contributed by atoms with E-state index < -0.39 is 0 Å². The molecule has 16 heavy (non-hydrogen) atoms. The molecule has 1 aliphatic rings. The number of hydrogen-bond donors (Lipinski definition) is 1. The third kappa shape index (κ3) is 2.81. The summed E-state index contributed by atoms with van der Waals surface area (Å²) >= 11 is 8.56. The van der Waals surface area contributed by atoms with Crippen LogP contribution in [0.25, 0.3) is 0 Å². The molecular weight excluding hydrogens is 335 g/mol. The van der Waals surface area contributed by atoms with Crippen LogP contribution >= 0.6 is 34.2 Å². The first-order valence-electron chi connectivity index (χ1n) is 5.55. The number of hydrogen-bond acceptors (Lipinski definition) is 2. The Morgan fingerprint density at radius 1 is 1.56 bits per heavy atom. The van der Waals surface area contributed by atoms with Gasteiger partial charge in [0.25, 0.3) is 0 Å². The average Bonchev–Trinajstić information content (AvgIpc) is 2.67. The highest BCUT2D eigenvalue weighted by molar-refractivity contribution is 14.1. The molecule has 1 fully saturated rings. The van der Waals surface area contributed by atoms with Gasteiger partial charge < -0.3 is 10.2 Å². The summed E-state index contributed by atoms with van der Waals surface area (Å²) in [5, 5.41) is 4.12. The minimum atomic E-state index is 0.750. The van der Waals surface area contributed by atoms with Crippen LogP contribution in [0.15, 0.2) is 18.2 Å². The monoisotopic (exact) mass is 350 g/mol. The zero-order valence-corrected chi connectivity index (χ0v) is 12.3. The first kappa shape index (κ1) is 12.5. The van der Waals surface area contributed by atoms with Gasteiger partial charge in [-0.1, -0.05) is 11.6 Å². The van der Waals surface area contributed by atoms with E-state index in [1.54, 1.807) is 0 Å². The van der Waals surface area contributed by atoms with Crippen LogP contribution in [-0.2, 0) is 0 Å². The number of rotatable bonds is 3. The summed E-state index contributed by atoms with van der Waals surface area (Å²) in [6.07, 6.45) is 1.25. The van der Waals surface area contributed by atoms with E-state index in [-0.39, 0.29) is 0 Å². The SMILES string of the molecule is CNCC1CCN(c2ccc(I)cc2Cl)C1. The Hall–Kier alpha value is -0.0000000000000000555. The van der Waals surface area contributed by atoms with Crippen LogP contribution in [0.3, 0.4) is 0 Å². The average molecular weight is 351 g/mol. The fourth-order valence-electron chi connectivity index (χ4n) is 2.24. The lowest BCUT2D eigenvalue weighted by atomic mass is 10.1. The zero-order valence-electron chi connectivity index (χ0n) is 9.34. The first-order valence-corrected chi connectivity index (χ1v) is 7.01. The van der Waals surface area contributed by atoms with Gasteiger partial charge in [-0.2, -0.15) is 0 Å². The van der Waals surface area contributed by atoms with Crippen molar-refractivity contribution in [2.75, 3.05) is 31.6 Å². The molecule has 1 heterocycles. The lowest BCUT2D eigenvalue weighted by Crippen LogP contribution is -2.24. The van der Waals surface area contributed by atoms with Crippen molar-refractivity contribution in [3.63, 3.8) is 0 Å². The van der Waals surface area contributed by atoms with E-state index in [1.807, 2.05) is 13.1 Å². The van der Waals surface area contributed by atoms with Crippen LogP contribution in [0.4, 0.5) is 5.69 Å². The summed E-state index contributed by atoms with van der Waals surface area (Å²) in [6, 6.07) is 6.28. The van der Waals surface area contributed by atoms with Gasteiger partial charge in [-0.25, -0.2) is 0 Å². The Labute approximate surface area is 115 Å². The topological polar surface area (TPSA) is 15.3 Å². The van der Waals surface area contributed by atoms with Crippen molar-refractivity contribution in [1.82, 2.24) is 5.32 Å². The van der Waals surface area contributed by atoms with E-state index in [0.29, 0.717) is 0 Å². The summed E-state index contributed by atoms with van der Waals surface area (Å²) in [5.41, 5.74) is 1.18. The van der Waals surface area contributed by atoms with E-state index in [9.17, 15) is 0 Å². The molecule has 2 rings (SSSR count). The van der Waals surface area contributed by atoms with Gasteiger partial charge in [-0.05, 0) is 66.7 Å². The molecule has 4 heteroatoms. The first-order chi connectivity index (χ1) is 7.70. The Kier molecular flexibility index (Phi) is 4.33. The summed E-state index contributed by atoms with van der Waals surface area (Å²) in [6.45, 7) is 3.33. The molecular formula is C12H16ClIN2. The molecule has 1 aliphatic heterocycles. The molecule has 1 aromatic carbocycles. The van der Waals surface area contributed by atoms with Gasteiger partial charge in [-0.3, -0.25) is 0 Å². The van der Waals surface area contributed by atoms with Crippen LogP contribution in [0.1, 0.15) is 6.42 Å². The van der Waals surface area contributed by atoms with E-state index in [4.69, 9.17) is 11.6 Å². The lowest BCUT2D eigenvalue weighted by molar-refractivity contribution is 0.549. The summed E-state index contributed by atoms with van der Waals surface area (Å²) < 4.78 is 1.19. The molecule has 1 N–H and O–H groups in total. The molecule has 0 radical (unpaired) electrons. The standard InChI is InChI=1S/C12H16ClIN2/c1-15-7-9-4-5-16(8-9)12-3-2-10(14)6-11(12)13/h2-3,6,9,15H,4-5,7-8H2,1H3. The highest BCUT2D eigenvalue weighted by atomic mass is 127. The zero-order chi connectivity index (χ0) is 11.5. The van der Waals surface area contributed by atoms with Gasteiger partial charge >= 0.3 is 0 Å². The summed E-state index contributed by atoms with van der Waals surface area (Å²) in [7, 11) is 2.01. The predicted molar refractivity (Wildman–Crippen MR) is 78.4 cm³/mol. The molecule has 0 saturated carbocycles. The van der Waals surface area contributed by atoms with Crippen molar-refractivity contribution in [1.29, 1.82) is 0 Å². The van der Waals surface area contributed by atoms with E-state index in [1.165, 1.54) is 15.7 Å². The molecule has 0 spiro atoms. The normalized spacial score (nSPS) is 20.4.